The highest BCUT2D eigenvalue weighted by atomic mass is 32.2. The lowest BCUT2D eigenvalue weighted by atomic mass is 9.83. The molecule has 3 fully saturated rings. The van der Waals surface area contributed by atoms with Gasteiger partial charge >= 0.3 is 5.97 Å². The third-order valence-corrected chi connectivity index (χ3v) is 7.19. The number of hydrogen-bond donors (Lipinski definition) is 0. The van der Waals surface area contributed by atoms with Gasteiger partial charge in [0.05, 0.1) is 24.8 Å². The first-order valence-electron chi connectivity index (χ1n) is 9.55. The van der Waals surface area contributed by atoms with E-state index in [1.165, 1.54) is 0 Å². The number of rotatable bonds is 6. The van der Waals surface area contributed by atoms with Gasteiger partial charge in [0.1, 0.15) is 13.1 Å². The number of carbonyl (C=O) groups is 2. The van der Waals surface area contributed by atoms with Crippen LogP contribution >= 0.6 is 11.8 Å². The fourth-order valence-electron chi connectivity index (χ4n) is 4.57. The molecule has 1 aromatic rings. The zero-order valence-electron chi connectivity index (χ0n) is 15.0. The molecule has 2 bridgehead atoms. The van der Waals surface area contributed by atoms with Crippen LogP contribution in [0, 0.1) is 5.92 Å². The molecule has 4 nitrogen and oxygen atoms in total. The summed E-state index contributed by atoms with van der Waals surface area (Å²) in [6.45, 7) is 3.50. The molecule has 2 atom stereocenters. The highest BCUT2D eigenvalue weighted by Crippen LogP contribution is 2.36. The van der Waals surface area contributed by atoms with Crippen LogP contribution in [0.25, 0.3) is 0 Å². The molecule has 0 aliphatic carbocycles. The van der Waals surface area contributed by atoms with Crippen molar-refractivity contribution < 1.29 is 18.8 Å². The molecule has 3 saturated heterocycles. The summed E-state index contributed by atoms with van der Waals surface area (Å²) in [4.78, 5) is 25.1. The molecule has 0 spiro atoms. The van der Waals surface area contributed by atoms with Gasteiger partial charge in [0.15, 0.2) is 11.9 Å². The quantitative estimate of drug-likeness (QED) is 0.569. The number of allylic oxidation sites excluding steroid dienone is 1. The van der Waals surface area contributed by atoms with Crippen LogP contribution in [0.15, 0.2) is 41.8 Å². The molecule has 4 aliphatic heterocycles. The minimum absolute atomic E-state index is 0.0316. The Morgan fingerprint density at radius 2 is 1.92 bits per heavy atom. The summed E-state index contributed by atoms with van der Waals surface area (Å²) < 4.78 is 6.69. The van der Waals surface area contributed by atoms with Gasteiger partial charge in [0.25, 0.3) is 0 Å². The lowest BCUT2D eigenvalue weighted by Crippen LogP contribution is -2.66. The molecule has 5 rings (SSSR count). The molecule has 0 radical (unpaired) electrons. The number of benzene rings is 1. The van der Waals surface area contributed by atoms with Crippen molar-refractivity contribution in [1.29, 1.82) is 0 Å². The van der Waals surface area contributed by atoms with Crippen molar-refractivity contribution in [3.63, 3.8) is 0 Å². The van der Waals surface area contributed by atoms with E-state index in [0.29, 0.717) is 24.7 Å². The summed E-state index contributed by atoms with van der Waals surface area (Å²) in [6, 6.07) is 9.75. The second kappa shape index (κ2) is 7.57. The van der Waals surface area contributed by atoms with Crippen LogP contribution in [0.5, 0.6) is 0 Å². The zero-order chi connectivity index (χ0) is 18.0. The van der Waals surface area contributed by atoms with E-state index in [4.69, 9.17) is 4.74 Å². The number of ether oxygens (including phenoxy) is 1. The molecule has 0 N–H and O–H groups in total. The average Bonchev–Trinajstić information content (AvgIpc) is 3.18. The number of Topliss-reactive ketones (excluding diaryl/α,β-unsaturated/α-hetero) is 1. The zero-order valence-corrected chi connectivity index (χ0v) is 15.8. The second-order valence-electron chi connectivity index (χ2n) is 7.86. The molecular weight excluding hydrogens is 346 g/mol. The van der Waals surface area contributed by atoms with Gasteiger partial charge in [-0.2, -0.15) is 0 Å². The lowest BCUT2D eigenvalue weighted by Gasteiger charge is -2.51. The fraction of sp³-hybridized carbons (Fsp3) is 0.524. The molecule has 1 unspecified atom stereocenters. The first-order valence-corrected chi connectivity index (χ1v) is 10.5. The number of hydrogen-bond acceptors (Lipinski definition) is 4. The predicted octanol–water partition coefficient (Wildman–Crippen LogP) is 2.97. The number of thioether (sulfide) groups is 1. The summed E-state index contributed by atoms with van der Waals surface area (Å²) in [5, 5.41) is 2.14. The summed E-state index contributed by atoms with van der Waals surface area (Å²) in [7, 11) is 0. The number of carbonyl (C=O) groups excluding carboxylic acids is 2. The maximum atomic E-state index is 12.7. The Balaban J connectivity index is 1.36. The molecular formula is C21H26NO3S+. The molecule has 0 saturated carbocycles. The van der Waals surface area contributed by atoms with Gasteiger partial charge in [0, 0.05) is 18.8 Å². The largest absolute Gasteiger partial charge is 0.456 e. The summed E-state index contributed by atoms with van der Waals surface area (Å²) in [5.41, 5.74) is 0.989. The van der Waals surface area contributed by atoms with Crippen molar-refractivity contribution in [1.82, 2.24) is 0 Å². The molecule has 4 aliphatic rings. The average molecular weight is 373 g/mol. The van der Waals surface area contributed by atoms with Gasteiger partial charge in [-0.25, -0.2) is 0 Å². The number of ketones is 1. The molecule has 26 heavy (non-hydrogen) atoms. The SMILES string of the molecule is O=C(Cc1ccccc1)O[C@H]1C[N+]2(CC(=O)C3CC=CS3)CCC1CC2. The third-order valence-electron chi connectivity index (χ3n) is 6.06. The van der Waals surface area contributed by atoms with E-state index in [-0.39, 0.29) is 17.3 Å². The first-order chi connectivity index (χ1) is 12.6. The van der Waals surface area contributed by atoms with Gasteiger partial charge in [-0.1, -0.05) is 36.4 Å². The van der Waals surface area contributed by atoms with Crippen molar-refractivity contribution in [3.8, 4) is 0 Å². The maximum Gasteiger partial charge on any atom is 0.310 e. The monoisotopic (exact) mass is 372 g/mol. The van der Waals surface area contributed by atoms with Crippen LogP contribution in [-0.2, 0) is 20.7 Å². The van der Waals surface area contributed by atoms with E-state index in [1.807, 2.05) is 35.7 Å². The van der Waals surface area contributed by atoms with E-state index in [2.05, 4.69) is 6.08 Å². The molecule has 1 aromatic carbocycles. The van der Waals surface area contributed by atoms with Crippen molar-refractivity contribution in [2.45, 2.75) is 37.0 Å². The Morgan fingerprint density at radius 1 is 1.15 bits per heavy atom. The number of esters is 1. The topological polar surface area (TPSA) is 43.4 Å². The summed E-state index contributed by atoms with van der Waals surface area (Å²) in [6.07, 6.45) is 5.37. The fourth-order valence-corrected chi connectivity index (χ4v) is 5.44. The predicted molar refractivity (Wildman–Crippen MR) is 103 cm³/mol. The molecule has 0 aromatic heterocycles. The van der Waals surface area contributed by atoms with Crippen LogP contribution < -0.4 is 0 Å². The van der Waals surface area contributed by atoms with Crippen molar-refractivity contribution >= 4 is 23.5 Å². The summed E-state index contributed by atoms with van der Waals surface area (Å²) in [5.74, 6) is 0.678. The molecule has 138 valence electrons. The van der Waals surface area contributed by atoms with Crippen molar-refractivity contribution in [2.24, 2.45) is 5.92 Å². The molecule has 5 heteroatoms. The Hall–Kier alpha value is -1.59. The number of piperidine rings is 3. The third kappa shape index (κ3) is 3.89. The highest BCUT2D eigenvalue weighted by molar-refractivity contribution is 8.03. The molecule has 4 heterocycles. The van der Waals surface area contributed by atoms with Gasteiger partial charge < -0.3 is 9.22 Å². The minimum Gasteiger partial charge on any atom is -0.456 e. The Labute approximate surface area is 159 Å². The smallest absolute Gasteiger partial charge is 0.310 e. The van der Waals surface area contributed by atoms with E-state index in [9.17, 15) is 9.59 Å². The van der Waals surface area contributed by atoms with Crippen LogP contribution in [0.1, 0.15) is 24.8 Å². The standard InChI is InChI=1S/C21H26NO3S/c23-18(20-7-4-12-26-20)14-22-10-8-17(9-11-22)19(15-22)25-21(24)13-16-5-2-1-3-6-16/h1-6,12,17,19-20H,7-11,13-15H2/q+1/t17?,19-,20?,22?/m0/s1. The van der Waals surface area contributed by atoms with Gasteiger partial charge in [0.2, 0.25) is 0 Å². The Kier molecular flexibility index (Phi) is 5.18. The lowest BCUT2D eigenvalue weighted by molar-refractivity contribution is -0.939. The first kappa shape index (κ1) is 17.8. The van der Waals surface area contributed by atoms with E-state index in [1.54, 1.807) is 11.8 Å². The van der Waals surface area contributed by atoms with E-state index < -0.39 is 0 Å². The van der Waals surface area contributed by atoms with E-state index >= 15 is 0 Å². The number of fused-ring (bicyclic) bond motifs is 3. The summed E-state index contributed by atoms with van der Waals surface area (Å²) >= 11 is 1.65. The van der Waals surface area contributed by atoms with Crippen molar-refractivity contribution in [2.75, 3.05) is 26.2 Å². The van der Waals surface area contributed by atoms with E-state index in [0.717, 1.165) is 48.9 Å². The van der Waals surface area contributed by atoms with Crippen LogP contribution in [-0.4, -0.2) is 53.8 Å². The highest BCUT2D eigenvalue weighted by Gasteiger charge is 2.49. The second-order valence-corrected chi connectivity index (χ2v) is 8.97. The Bertz CT molecular complexity index is 686. The molecule has 0 amide bonds. The maximum absolute atomic E-state index is 12.7. The number of nitrogens with zero attached hydrogens (tertiary/aromatic N) is 1. The minimum atomic E-state index is -0.144. The van der Waals surface area contributed by atoms with Crippen LogP contribution in [0.3, 0.4) is 0 Å². The van der Waals surface area contributed by atoms with Gasteiger partial charge in [-0.3, -0.25) is 9.59 Å². The van der Waals surface area contributed by atoms with Crippen molar-refractivity contribution in [3.05, 3.63) is 47.4 Å². The van der Waals surface area contributed by atoms with Gasteiger partial charge in [-0.05, 0) is 17.4 Å². The van der Waals surface area contributed by atoms with Crippen LogP contribution in [0.2, 0.25) is 0 Å². The Morgan fingerprint density at radius 3 is 2.62 bits per heavy atom. The normalized spacial score (nSPS) is 32.5. The number of quaternary nitrogens is 1. The van der Waals surface area contributed by atoms with Crippen LogP contribution in [0.4, 0.5) is 0 Å². The van der Waals surface area contributed by atoms with Gasteiger partial charge in [-0.15, -0.1) is 11.8 Å².